The summed E-state index contributed by atoms with van der Waals surface area (Å²) in [5, 5.41) is 7.76. The van der Waals surface area contributed by atoms with E-state index in [0.717, 1.165) is 34.6 Å². The minimum Gasteiger partial charge on any atom is -0.335 e. The van der Waals surface area contributed by atoms with Crippen LogP contribution in [0, 0.1) is 0 Å². The highest BCUT2D eigenvalue weighted by Crippen LogP contribution is 2.29. The second-order valence-electron chi connectivity index (χ2n) is 5.27. The summed E-state index contributed by atoms with van der Waals surface area (Å²) >= 11 is 0. The maximum atomic E-state index is 12.0. The Morgan fingerprint density at radius 1 is 1.10 bits per heavy atom. The standard InChI is InChI=1S/C16H14N4O/c21-16(19-11-5-6-11)20-13-9-10-3-1-7-17-14(10)12-4-2-8-18-15(12)13/h1-4,7-9,11H,5-6H2,(H2,19,20,21). The number of anilines is 1. The number of hydrogen-bond acceptors (Lipinski definition) is 3. The van der Waals surface area contributed by atoms with E-state index >= 15 is 0 Å². The zero-order valence-corrected chi connectivity index (χ0v) is 11.3. The first kappa shape index (κ1) is 12.1. The molecule has 2 heterocycles. The third kappa shape index (κ3) is 2.27. The molecule has 0 radical (unpaired) electrons. The van der Waals surface area contributed by atoms with E-state index in [0.29, 0.717) is 11.7 Å². The van der Waals surface area contributed by atoms with Crippen molar-refractivity contribution >= 4 is 33.5 Å². The molecule has 0 bridgehead atoms. The molecule has 2 aromatic heterocycles. The number of aromatic nitrogens is 2. The van der Waals surface area contributed by atoms with Crippen LogP contribution in [0.5, 0.6) is 0 Å². The molecule has 0 spiro atoms. The number of fused-ring (bicyclic) bond motifs is 3. The minimum atomic E-state index is -0.173. The number of amides is 2. The fourth-order valence-corrected chi connectivity index (χ4v) is 2.46. The molecule has 21 heavy (non-hydrogen) atoms. The lowest BCUT2D eigenvalue weighted by Crippen LogP contribution is -2.30. The lowest BCUT2D eigenvalue weighted by molar-refractivity contribution is 0.252. The van der Waals surface area contributed by atoms with E-state index in [-0.39, 0.29) is 6.03 Å². The van der Waals surface area contributed by atoms with Gasteiger partial charge in [0.25, 0.3) is 0 Å². The molecule has 0 atom stereocenters. The van der Waals surface area contributed by atoms with Crippen molar-refractivity contribution in [1.82, 2.24) is 15.3 Å². The first-order valence-corrected chi connectivity index (χ1v) is 7.01. The molecule has 5 heteroatoms. The van der Waals surface area contributed by atoms with Crippen LogP contribution in [0.25, 0.3) is 21.8 Å². The van der Waals surface area contributed by atoms with Crippen LogP contribution in [0.15, 0.2) is 42.7 Å². The Hall–Kier alpha value is -2.69. The van der Waals surface area contributed by atoms with Crippen molar-refractivity contribution in [2.45, 2.75) is 18.9 Å². The maximum Gasteiger partial charge on any atom is 0.319 e. The summed E-state index contributed by atoms with van der Waals surface area (Å²) in [7, 11) is 0. The molecular weight excluding hydrogens is 264 g/mol. The number of nitrogens with one attached hydrogen (secondary N) is 2. The first-order valence-electron chi connectivity index (χ1n) is 7.01. The van der Waals surface area contributed by atoms with Gasteiger partial charge in [0.2, 0.25) is 0 Å². The lowest BCUT2D eigenvalue weighted by Gasteiger charge is -2.11. The summed E-state index contributed by atoms with van der Waals surface area (Å²) in [6.07, 6.45) is 5.62. The summed E-state index contributed by atoms with van der Waals surface area (Å²) in [5.74, 6) is 0. The topological polar surface area (TPSA) is 66.9 Å². The van der Waals surface area contributed by atoms with Crippen molar-refractivity contribution in [1.29, 1.82) is 0 Å². The molecule has 3 aromatic rings. The van der Waals surface area contributed by atoms with Gasteiger partial charge in [0.05, 0.1) is 16.7 Å². The van der Waals surface area contributed by atoms with Gasteiger partial charge in [0.1, 0.15) is 0 Å². The van der Waals surface area contributed by atoms with Gasteiger partial charge in [0, 0.05) is 29.2 Å². The van der Waals surface area contributed by atoms with Crippen molar-refractivity contribution in [3.63, 3.8) is 0 Å². The number of rotatable bonds is 2. The van der Waals surface area contributed by atoms with Crippen LogP contribution in [0.4, 0.5) is 10.5 Å². The Morgan fingerprint density at radius 3 is 2.67 bits per heavy atom. The van der Waals surface area contributed by atoms with Crippen LogP contribution in [0.1, 0.15) is 12.8 Å². The van der Waals surface area contributed by atoms with Crippen LogP contribution in [0.3, 0.4) is 0 Å². The molecule has 1 aromatic carbocycles. The molecule has 0 aliphatic heterocycles. The Morgan fingerprint density at radius 2 is 1.86 bits per heavy atom. The Balaban J connectivity index is 1.83. The Labute approximate surface area is 121 Å². The zero-order chi connectivity index (χ0) is 14.2. The van der Waals surface area contributed by atoms with E-state index < -0.39 is 0 Å². The SMILES string of the molecule is O=C(Nc1cc2cccnc2c2cccnc12)NC1CC1. The summed E-state index contributed by atoms with van der Waals surface area (Å²) in [6, 6.07) is 9.80. The van der Waals surface area contributed by atoms with Gasteiger partial charge in [0.15, 0.2) is 0 Å². The molecule has 4 rings (SSSR count). The van der Waals surface area contributed by atoms with E-state index in [1.165, 1.54) is 0 Å². The summed E-state index contributed by atoms with van der Waals surface area (Å²) in [5.41, 5.74) is 2.37. The van der Waals surface area contributed by atoms with Crippen LogP contribution >= 0.6 is 0 Å². The molecule has 104 valence electrons. The van der Waals surface area contributed by atoms with Gasteiger partial charge in [-0.05, 0) is 37.1 Å². The van der Waals surface area contributed by atoms with E-state index in [4.69, 9.17) is 0 Å². The molecule has 1 aliphatic rings. The molecule has 1 fully saturated rings. The van der Waals surface area contributed by atoms with Gasteiger partial charge in [-0.3, -0.25) is 9.97 Å². The third-order valence-electron chi connectivity index (χ3n) is 3.62. The first-order chi connectivity index (χ1) is 10.3. The van der Waals surface area contributed by atoms with E-state index in [1.807, 2.05) is 30.3 Å². The van der Waals surface area contributed by atoms with E-state index in [9.17, 15) is 4.79 Å². The average molecular weight is 278 g/mol. The van der Waals surface area contributed by atoms with Crippen molar-refractivity contribution < 1.29 is 4.79 Å². The fourth-order valence-electron chi connectivity index (χ4n) is 2.46. The number of carbonyl (C=O) groups is 1. The van der Waals surface area contributed by atoms with Crippen molar-refractivity contribution in [2.24, 2.45) is 0 Å². The van der Waals surface area contributed by atoms with Gasteiger partial charge in [-0.1, -0.05) is 6.07 Å². The third-order valence-corrected chi connectivity index (χ3v) is 3.62. The highest BCUT2D eigenvalue weighted by molar-refractivity contribution is 6.11. The van der Waals surface area contributed by atoms with Gasteiger partial charge in [-0.15, -0.1) is 0 Å². The lowest BCUT2D eigenvalue weighted by atomic mass is 10.1. The molecule has 2 amide bonds. The smallest absolute Gasteiger partial charge is 0.319 e. The average Bonchev–Trinajstić information content (AvgIpc) is 3.31. The van der Waals surface area contributed by atoms with Crippen molar-refractivity contribution in [3.05, 3.63) is 42.7 Å². The van der Waals surface area contributed by atoms with Crippen LogP contribution in [-0.4, -0.2) is 22.0 Å². The predicted octanol–water partition coefficient (Wildman–Crippen LogP) is 3.07. The van der Waals surface area contributed by atoms with Crippen LogP contribution < -0.4 is 10.6 Å². The normalized spacial score (nSPS) is 14.3. The number of carbonyl (C=O) groups excluding carboxylic acids is 1. The molecule has 2 N–H and O–H groups in total. The molecule has 1 saturated carbocycles. The zero-order valence-electron chi connectivity index (χ0n) is 11.3. The largest absolute Gasteiger partial charge is 0.335 e. The van der Waals surface area contributed by atoms with Crippen LogP contribution in [-0.2, 0) is 0 Å². The summed E-state index contributed by atoms with van der Waals surface area (Å²) in [6.45, 7) is 0. The Kier molecular flexibility index (Phi) is 2.70. The second-order valence-corrected chi connectivity index (χ2v) is 5.27. The summed E-state index contributed by atoms with van der Waals surface area (Å²) < 4.78 is 0. The van der Waals surface area contributed by atoms with E-state index in [1.54, 1.807) is 12.4 Å². The number of hydrogen-bond donors (Lipinski definition) is 2. The molecular formula is C16H14N4O. The second kappa shape index (κ2) is 4.70. The molecule has 1 aliphatic carbocycles. The predicted molar refractivity (Wildman–Crippen MR) is 82.2 cm³/mol. The van der Waals surface area contributed by atoms with Gasteiger partial charge in [-0.25, -0.2) is 4.79 Å². The quantitative estimate of drug-likeness (QED) is 0.708. The van der Waals surface area contributed by atoms with Gasteiger partial charge in [-0.2, -0.15) is 0 Å². The Bertz CT molecular complexity index is 842. The van der Waals surface area contributed by atoms with Crippen molar-refractivity contribution in [3.8, 4) is 0 Å². The minimum absolute atomic E-state index is 0.173. The number of benzene rings is 1. The number of pyridine rings is 2. The van der Waals surface area contributed by atoms with Gasteiger partial charge < -0.3 is 10.6 Å². The highest BCUT2D eigenvalue weighted by Gasteiger charge is 2.23. The molecule has 0 unspecified atom stereocenters. The van der Waals surface area contributed by atoms with Gasteiger partial charge >= 0.3 is 6.03 Å². The molecule has 0 saturated heterocycles. The number of nitrogens with zero attached hydrogens (tertiary/aromatic N) is 2. The fraction of sp³-hybridized carbons (Fsp3) is 0.188. The molecule has 5 nitrogen and oxygen atoms in total. The number of urea groups is 1. The van der Waals surface area contributed by atoms with Crippen molar-refractivity contribution in [2.75, 3.05) is 5.32 Å². The highest BCUT2D eigenvalue weighted by atomic mass is 16.2. The maximum absolute atomic E-state index is 12.0. The van der Waals surface area contributed by atoms with Crippen LogP contribution in [0.2, 0.25) is 0 Å². The summed E-state index contributed by atoms with van der Waals surface area (Å²) in [4.78, 5) is 20.8. The van der Waals surface area contributed by atoms with E-state index in [2.05, 4.69) is 20.6 Å². The monoisotopic (exact) mass is 278 g/mol.